The van der Waals surface area contributed by atoms with Gasteiger partial charge in [-0.2, -0.15) is 0 Å². The first kappa shape index (κ1) is 17.2. The van der Waals surface area contributed by atoms with E-state index >= 15 is 0 Å². The molecule has 1 aromatic carbocycles. The van der Waals surface area contributed by atoms with Crippen LogP contribution in [0.15, 0.2) is 48.2 Å². The molecule has 122 valence electrons. The van der Waals surface area contributed by atoms with Crippen LogP contribution in [-0.2, 0) is 9.53 Å². The molecule has 2 rings (SSSR count). The Hall–Kier alpha value is -2.14. The van der Waals surface area contributed by atoms with Crippen molar-refractivity contribution in [2.45, 2.75) is 32.7 Å². The van der Waals surface area contributed by atoms with Crippen molar-refractivity contribution < 1.29 is 9.53 Å². The number of thiocarbonyl (C=S) groups is 1. The number of hydrogen-bond acceptors (Lipinski definition) is 3. The summed E-state index contributed by atoms with van der Waals surface area (Å²) >= 11 is 5.23. The van der Waals surface area contributed by atoms with Crippen molar-refractivity contribution in [3.63, 3.8) is 0 Å². The lowest BCUT2D eigenvalue weighted by Crippen LogP contribution is -2.45. The van der Waals surface area contributed by atoms with Gasteiger partial charge in [-0.1, -0.05) is 50.8 Å². The Morgan fingerprint density at radius 3 is 2.61 bits per heavy atom. The van der Waals surface area contributed by atoms with Gasteiger partial charge in [0.1, 0.15) is 6.61 Å². The smallest absolute Gasteiger partial charge is 0.338 e. The maximum absolute atomic E-state index is 12.4. The zero-order valence-corrected chi connectivity index (χ0v) is 14.5. The largest absolute Gasteiger partial charge is 0.458 e. The SMILES string of the molecule is C=CCOC(=O)C1=C(C)NC(=S)N[C@H]1c1ccc(C(C)C)cc1. The summed E-state index contributed by atoms with van der Waals surface area (Å²) in [5.74, 6) is 0.0863. The summed E-state index contributed by atoms with van der Waals surface area (Å²) in [5, 5.41) is 6.64. The second kappa shape index (κ2) is 7.42. The molecule has 4 nitrogen and oxygen atoms in total. The number of allylic oxidation sites excluding steroid dienone is 1. The summed E-state index contributed by atoms with van der Waals surface area (Å²) in [6.07, 6.45) is 1.55. The third-order valence-electron chi connectivity index (χ3n) is 3.76. The number of rotatable bonds is 5. The van der Waals surface area contributed by atoms with E-state index in [4.69, 9.17) is 17.0 Å². The third-order valence-corrected chi connectivity index (χ3v) is 3.98. The number of benzene rings is 1. The van der Waals surface area contributed by atoms with E-state index in [2.05, 4.69) is 43.2 Å². The van der Waals surface area contributed by atoms with Crippen LogP contribution < -0.4 is 10.6 Å². The minimum Gasteiger partial charge on any atom is -0.458 e. The van der Waals surface area contributed by atoms with Crippen LogP contribution in [0.5, 0.6) is 0 Å². The molecule has 0 unspecified atom stereocenters. The van der Waals surface area contributed by atoms with Crippen LogP contribution in [0, 0.1) is 0 Å². The quantitative estimate of drug-likeness (QED) is 0.493. The Morgan fingerprint density at radius 2 is 2.04 bits per heavy atom. The molecule has 0 radical (unpaired) electrons. The molecule has 0 spiro atoms. The maximum atomic E-state index is 12.4. The van der Waals surface area contributed by atoms with Crippen LogP contribution in [0.2, 0.25) is 0 Å². The van der Waals surface area contributed by atoms with Crippen LogP contribution >= 0.6 is 12.2 Å². The Labute approximate surface area is 142 Å². The molecule has 0 bridgehead atoms. The number of esters is 1. The Kier molecular flexibility index (Phi) is 5.55. The molecule has 0 aromatic heterocycles. The second-order valence-electron chi connectivity index (χ2n) is 5.78. The molecule has 1 aliphatic heterocycles. The molecule has 23 heavy (non-hydrogen) atoms. The monoisotopic (exact) mass is 330 g/mol. The predicted molar refractivity (Wildman–Crippen MR) is 96.0 cm³/mol. The molecule has 1 aromatic rings. The normalized spacial score (nSPS) is 17.6. The van der Waals surface area contributed by atoms with Crippen LogP contribution in [-0.4, -0.2) is 17.7 Å². The third kappa shape index (κ3) is 3.99. The second-order valence-corrected chi connectivity index (χ2v) is 6.19. The van der Waals surface area contributed by atoms with Gasteiger partial charge in [-0.15, -0.1) is 0 Å². The van der Waals surface area contributed by atoms with Gasteiger partial charge in [-0.05, 0) is 36.2 Å². The average molecular weight is 330 g/mol. The molecule has 0 saturated carbocycles. The highest BCUT2D eigenvalue weighted by Gasteiger charge is 2.30. The van der Waals surface area contributed by atoms with Crippen LogP contribution in [0.25, 0.3) is 0 Å². The van der Waals surface area contributed by atoms with Gasteiger partial charge in [-0.3, -0.25) is 0 Å². The highest BCUT2D eigenvalue weighted by atomic mass is 32.1. The summed E-state index contributed by atoms with van der Waals surface area (Å²) in [6.45, 7) is 9.87. The standard InChI is InChI=1S/C18H22N2O2S/c1-5-10-22-17(21)15-12(4)19-18(23)20-16(15)14-8-6-13(7-9-14)11(2)3/h5-9,11,16H,1,10H2,2-4H3,(H2,19,20,23)/t16-/m0/s1. The van der Waals surface area contributed by atoms with Crippen molar-refractivity contribution in [1.29, 1.82) is 0 Å². The number of hydrogen-bond donors (Lipinski definition) is 2. The Balaban J connectivity index is 2.36. The molecule has 1 atom stereocenters. The highest BCUT2D eigenvalue weighted by molar-refractivity contribution is 7.80. The fourth-order valence-corrected chi connectivity index (χ4v) is 2.77. The topological polar surface area (TPSA) is 50.4 Å². The lowest BCUT2D eigenvalue weighted by atomic mass is 9.93. The summed E-state index contributed by atoms with van der Waals surface area (Å²) < 4.78 is 5.21. The fourth-order valence-electron chi connectivity index (χ4n) is 2.50. The molecular formula is C18H22N2O2S. The van der Waals surface area contributed by atoms with Crippen LogP contribution in [0.4, 0.5) is 0 Å². The minimum atomic E-state index is -0.372. The van der Waals surface area contributed by atoms with Crippen molar-refractivity contribution in [2.24, 2.45) is 0 Å². The van der Waals surface area contributed by atoms with Crippen LogP contribution in [0.1, 0.15) is 43.9 Å². The first-order valence-corrected chi connectivity index (χ1v) is 8.01. The lowest BCUT2D eigenvalue weighted by molar-refractivity contribution is -0.138. The number of carbonyl (C=O) groups is 1. The van der Waals surface area contributed by atoms with Gasteiger partial charge in [0.2, 0.25) is 0 Å². The zero-order chi connectivity index (χ0) is 17.0. The van der Waals surface area contributed by atoms with Gasteiger partial charge >= 0.3 is 5.97 Å². The fraction of sp³-hybridized carbons (Fsp3) is 0.333. The van der Waals surface area contributed by atoms with E-state index in [1.54, 1.807) is 6.08 Å². The van der Waals surface area contributed by atoms with E-state index in [0.29, 0.717) is 22.3 Å². The van der Waals surface area contributed by atoms with Crippen molar-refractivity contribution in [2.75, 3.05) is 6.61 Å². The predicted octanol–water partition coefficient (Wildman–Crippen LogP) is 3.33. The molecule has 1 aliphatic rings. The van der Waals surface area contributed by atoms with Gasteiger partial charge < -0.3 is 15.4 Å². The Bertz CT molecular complexity index is 647. The van der Waals surface area contributed by atoms with E-state index in [9.17, 15) is 4.79 Å². The molecule has 0 amide bonds. The van der Waals surface area contributed by atoms with Crippen molar-refractivity contribution >= 4 is 23.3 Å². The minimum absolute atomic E-state index is 0.180. The Morgan fingerprint density at radius 1 is 1.39 bits per heavy atom. The number of ether oxygens (including phenoxy) is 1. The number of carbonyl (C=O) groups excluding carboxylic acids is 1. The highest BCUT2D eigenvalue weighted by Crippen LogP contribution is 2.28. The van der Waals surface area contributed by atoms with E-state index < -0.39 is 0 Å². The van der Waals surface area contributed by atoms with Gasteiger partial charge in [-0.25, -0.2) is 4.79 Å². The van der Waals surface area contributed by atoms with E-state index in [0.717, 1.165) is 5.56 Å². The van der Waals surface area contributed by atoms with Crippen molar-refractivity contribution in [1.82, 2.24) is 10.6 Å². The lowest BCUT2D eigenvalue weighted by Gasteiger charge is -2.30. The van der Waals surface area contributed by atoms with E-state index in [-0.39, 0.29) is 18.6 Å². The van der Waals surface area contributed by atoms with Crippen LogP contribution in [0.3, 0.4) is 0 Å². The molecule has 1 heterocycles. The van der Waals surface area contributed by atoms with Gasteiger partial charge in [0.15, 0.2) is 5.11 Å². The summed E-state index contributed by atoms with van der Waals surface area (Å²) in [7, 11) is 0. The van der Waals surface area contributed by atoms with Crippen molar-refractivity contribution in [3.05, 3.63) is 59.3 Å². The molecule has 0 aliphatic carbocycles. The average Bonchev–Trinajstić information content (AvgIpc) is 2.52. The zero-order valence-electron chi connectivity index (χ0n) is 13.7. The van der Waals surface area contributed by atoms with E-state index in [1.807, 2.05) is 19.1 Å². The number of nitrogens with one attached hydrogen (secondary N) is 2. The van der Waals surface area contributed by atoms with Gasteiger partial charge in [0.25, 0.3) is 0 Å². The van der Waals surface area contributed by atoms with Gasteiger partial charge in [0, 0.05) is 5.70 Å². The molecule has 0 fully saturated rings. The van der Waals surface area contributed by atoms with E-state index in [1.165, 1.54) is 5.56 Å². The first-order valence-electron chi connectivity index (χ1n) is 7.60. The molecule has 2 N–H and O–H groups in total. The van der Waals surface area contributed by atoms with Gasteiger partial charge in [0.05, 0.1) is 11.6 Å². The molecule has 5 heteroatoms. The molecular weight excluding hydrogens is 308 g/mol. The van der Waals surface area contributed by atoms with Crippen molar-refractivity contribution in [3.8, 4) is 0 Å². The summed E-state index contributed by atoms with van der Waals surface area (Å²) in [6, 6.07) is 7.88. The first-order chi connectivity index (χ1) is 10.9. The molecule has 0 saturated heterocycles. The summed E-state index contributed by atoms with van der Waals surface area (Å²) in [5.41, 5.74) is 3.48. The maximum Gasteiger partial charge on any atom is 0.338 e. The summed E-state index contributed by atoms with van der Waals surface area (Å²) in [4.78, 5) is 12.4.